The van der Waals surface area contributed by atoms with Gasteiger partial charge in [0, 0.05) is 18.7 Å². The molecule has 0 unspecified atom stereocenters. The minimum Gasteiger partial charge on any atom is -0.324 e. The molecule has 5 heteroatoms. The number of benzene rings is 2. The van der Waals surface area contributed by atoms with E-state index in [2.05, 4.69) is 19.2 Å². The smallest absolute Gasteiger partial charge is 0.229 e. The molecule has 2 amide bonds. The van der Waals surface area contributed by atoms with E-state index in [4.69, 9.17) is 11.6 Å². The molecule has 1 heterocycles. The summed E-state index contributed by atoms with van der Waals surface area (Å²) in [6.07, 6.45) is 0.211. The third-order valence-corrected chi connectivity index (χ3v) is 4.83. The molecule has 0 spiro atoms. The van der Waals surface area contributed by atoms with E-state index in [1.165, 1.54) is 5.56 Å². The van der Waals surface area contributed by atoms with Gasteiger partial charge in [-0.25, -0.2) is 0 Å². The highest BCUT2D eigenvalue weighted by Crippen LogP contribution is 2.28. The average Bonchev–Trinajstić information content (AvgIpc) is 2.99. The topological polar surface area (TPSA) is 49.4 Å². The number of amides is 2. The summed E-state index contributed by atoms with van der Waals surface area (Å²) in [4.78, 5) is 26.5. The maximum absolute atomic E-state index is 12.5. The van der Waals surface area contributed by atoms with Gasteiger partial charge < -0.3 is 10.2 Å². The molecule has 2 aromatic rings. The Morgan fingerprint density at radius 3 is 2.48 bits per heavy atom. The maximum Gasteiger partial charge on any atom is 0.229 e. The van der Waals surface area contributed by atoms with Crippen molar-refractivity contribution >= 4 is 34.8 Å². The quantitative estimate of drug-likeness (QED) is 0.879. The third kappa shape index (κ3) is 3.85. The number of rotatable bonds is 4. The van der Waals surface area contributed by atoms with Gasteiger partial charge in [-0.3, -0.25) is 9.59 Å². The fourth-order valence-electron chi connectivity index (χ4n) is 2.97. The zero-order valence-corrected chi connectivity index (χ0v) is 15.1. The Kier molecular flexibility index (Phi) is 5.09. The summed E-state index contributed by atoms with van der Waals surface area (Å²) >= 11 is 6.08. The van der Waals surface area contributed by atoms with Gasteiger partial charge in [0.1, 0.15) is 0 Å². The molecule has 25 heavy (non-hydrogen) atoms. The van der Waals surface area contributed by atoms with Crippen LogP contribution in [0.15, 0.2) is 48.5 Å². The highest BCUT2D eigenvalue weighted by Gasteiger charge is 2.35. The molecule has 130 valence electrons. The zero-order chi connectivity index (χ0) is 18.0. The van der Waals surface area contributed by atoms with E-state index in [1.54, 1.807) is 23.1 Å². The number of carbonyl (C=O) groups excluding carboxylic acids is 2. The van der Waals surface area contributed by atoms with E-state index >= 15 is 0 Å². The van der Waals surface area contributed by atoms with Crippen LogP contribution in [0.5, 0.6) is 0 Å². The van der Waals surface area contributed by atoms with E-state index in [0.29, 0.717) is 23.2 Å². The normalized spacial score (nSPS) is 17.2. The van der Waals surface area contributed by atoms with Gasteiger partial charge in [0.2, 0.25) is 11.8 Å². The van der Waals surface area contributed by atoms with Crippen LogP contribution >= 0.6 is 11.6 Å². The Labute approximate surface area is 152 Å². The minimum absolute atomic E-state index is 0.0309. The van der Waals surface area contributed by atoms with Crippen LogP contribution in [0.25, 0.3) is 0 Å². The van der Waals surface area contributed by atoms with E-state index in [0.717, 1.165) is 5.69 Å². The van der Waals surface area contributed by atoms with Crippen LogP contribution in [-0.4, -0.2) is 18.4 Å². The molecule has 4 nitrogen and oxygen atoms in total. The minimum atomic E-state index is -0.381. The number of para-hydroxylation sites is 1. The largest absolute Gasteiger partial charge is 0.324 e. The fraction of sp³-hybridized carbons (Fsp3) is 0.300. The van der Waals surface area contributed by atoms with Crippen LogP contribution in [-0.2, 0) is 9.59 Å². The molecule has 3 rings (SSSR count). The Hall–Kier alpha value is -2.33. The lowest BCUT2D eigenvalue weighted by molar-refractivity contribution is -0.122. The van der Waals surface area contributed by atoms with Crippen LogP contribution in [0.1, 0.15) is 31.7 Å². The molecular weight excluding hydrogens is 336 g/mol. The van der Waals surface area contributed by atoms with Crippen LogP contribution in [0, 0.1) is 5.92 Å². The van der Waals surface area contributed by atoms with E-state index in [-0.39, 0.29) is 24.2 Å². The van der Waals surface area contributed by atoms with Crippen LogP contribution in [0.2, 0.25) is 5.02 Å². The van der Waals surface area contributed by atoms with Gasteiger partial charge in [-0.05, 0) is 35.7 Å². The highest BCUT2D eigenvalue weighted by atomic mass is 35.5. The van der Waals surface area contributed by atoms with Crippen LogP contribution < -0.4 is 10.2 Å². The summed E-state index contributed by atoms with van der Waals surface area (Å²) in [6, 6.07) is 15.0. The first kappa shape index (κ1) is 17.5. The summed E-state index contributed by atoms with van der Waals surface area (Å²) in [7, 11) is 0. The van der Waals surface area contributed by atoms with Crippen LogP contribution in [0.3, 0.4) is 0 Å². The van der Waals surface area contributed by atoms with Gasteiger partial charge in [0.15, 0.2) is 0 Å². The van der Waals surface area contributed by atoms with Crippen molar-refractivity contribution in [2.45, 2.75) is 26.2 Å². The summed E-state index contributed by atoms with van der Waals surface area (Å²) < 4.78 is 0. The van der Waals surface area contributed by atoms with E-state index < -0.39 is 0 Å². The first-order chi connectivity index (χ1) is 12.0. The second-order valence-electron chi connectivity index (χ2n) is 6.62. The monoisotopic (exact) mass is 356 g/mol. The maximum atomic E-state index is 12.5. The van der Waals surface area contributed by atoms with Crippen molar-refractivity contribution in [2.75, 3.05) is 16.8 Å². The summed E-state index contributed by atoms with van der Waals surface area (Å²) in [5.74, 6) is -0.148. The molecular formula is C20H21ClN2O2. The van der Waals surface area contributed by atoms with Crippen LogP contribution in [0.4, 0.5) is 11.4 Å². The molecule has 0 bridgehead atoms. The SMILES string of the molecule is CC(C)c1ccc(N2C[C@@H](C(=O)Nc3ccccc3Cl)CC2=O)cc1. The predicted molar refractivity (Wildman–Crippen MR) is 101 cm³/mol. The number of hydrogen-bond acceptors (Lipinski definition) is 2. The van der Waals surface area contributed by atoms with Crippen molar-refractivity contribution in [3.05, 3.63) is 59.1 Å². The molecule has 0 aliphatic carbocycles. The van der Waals surface area contributed by atoms with E-state index in [1.807, 2.05) is 30.3 Å². The summed E-state index contributed by atoms with van der Waals surface area (Å²) in [6.45, 7) is 4.65. The number of halogens is 1. The second kappa shape index (κ2) is 7.28. The van der Waals surface area contributed by atoms with E-state index in [9.17, 15) is 9.59 Å². The molecule has 0 aromatic heterocycles. The third-order valence-electron chi connectivity index (χ3n) is 4.50. The Morgan fingerprint density at radius 2 is 1.84 bits per heavy atom. The number of hydrogen-bond donors (Lipinski definition) is 1. The number of anilines is 2. The molecule has 1 N–H and O–H groups in total. The molecule has 1 aliphatic rings. The summed E-state index contributed by atoms with van der Waals surface area (Å²) in [5.41, 5.74) is 2.63. The molecule has 0 saturated carbocycles. The molecule has 1 saturated heterocycles. The predicted octanol–water partition coefficient (Wildman–Crippen LogP) is 4.46. The Balaban J connectivity index is 1.69. The number of nitrogens with zero attached hydrogens (tertiary/aromatic N) is 1. The standard InChI is InChI=1S/C20H21ClN2O2/c1-13(2)14-7-9-16(10-8-14)23-12-15(11-19(23)24)20(25)22-18-6-4-3-5-17(18)21/h3-10,13,15H,11-12H2,1-2H3,(H,22,25)/t15-/m0/s1. The highest BCUT2D eigenvalue weighted by molar-refractivity contribution is 6.33. The Bertz CT molecular complexity index is 787. The Morgan fingerprint density at radius 1 is 1.16 bits per heavy atom. The van der Waals surface area contributed by atoms with Gasteiger partial charge in [-0.15, -0.1) is 0 Å². The zero-order valence-electron chi connectivity index (χ0n) is 14.3. The number of carbonyl (C=O) groups is 2. The van der Waals surface area contributed by atoms with Crippen molar-refractivity contribution in [2.24, 2.45) is 5.92 Å². The summed E-state index contributed by atoms with van der Waals surface area (Å²) in [5, 5.41) is 3.31. The fourth-order valence-corrected chi connectivity index (χ4v) is 3.15. The lowest BCUT2D eigenvalue weighted by Gasteiger charge is -2.18. The molecule has 2 aromatic carbocycles. The first-order valence-electron chi connectivity index (χ1n) is 8.41. The average molecular weight is 357 g/mol. The van der Waals surface area contributed by atoms with Crippen molar-refractivity contribution in [3.8, 4) is 0 Å². The van der Waals surface area contributed by atoms with Crippen molar-refractivity contribution in [1.82, 2.24) is 0 Å². The van der Waals surface area contributed by atoms with Crippen molar-refractivity contribution < 1.29 is 9.59 Å². The van der Waals surface area contributed by atoms with Gasteiger partial charge in [0.25, 0.3) is 0 Å². The van der Waals surface area contributed by atoms with Gasteiger partial charge >= 0.3 is 0 Å². The molecule has 1 fully saturated rings. The lowest BCUT2D eigenvalue weighted by Crippen LogP contribution is -2.28. The van der Waals surface area contributed by atoms with Gasteiger partial charge in [-0.2, -0.15) is 0 Å². The molecule has 1 aliphatic heterocycles. The van der Waals surface area contributed by atoms with Crippen molar-refractivity contribution in [1.29, 1.82) is 0 Å². The van der Waals surface area contributed by atoms with Crippen molar-refractivity contribution in [3.63, 3.8) is 0 Å². The molecule has 0 radical (unpaired) electrons. The van der Waals surface area contributed by atoms with Gasteiger partial charge in [0.05, 0.1) is 16.6 Å². The first-order valence-corrected chi connectivity index (χ1v) is 8.79. The number of nitrogens with one attached hydrogen (secondary N) is 1. The lowest BCUT2D eigenvalue weighted by atomic mass is 10.0. The van der Waals surface area contributed by atoms with Gasteiger partial charge in [-0.1, -0.05) is 49.7 Å². The molecule has 1 atom stereocenters. The second-order valence-corrected chi connectivity index (χ2v) is 7.03.